The highest BCUT2D eigenvalue weighted by atomic mass is 32.2. The summed E-state index contributed by atoms with van der Waals surface area (Å²) in [7, 11) is 1.36. The Labute approximate surface area is 105 Å². The number of esters is 1. The number of nitriles is 1. The summed E-state index contributed by atoms with van der Waals surface area (Å²) in [5.74, 6) is 0.359. The Kier molecular flexibility index (Phi) is 5.53. The quantitative estimate of drug-likeness (QED) is 0.635. The molecule has 0 saturated heterocycles. The second kappa shape index (κ2) is 6.94. The maximum absolute atomic E-state index is 10.9. The van der Waals surface area contributed by atoms with Crippen LogP contribution in [-0.2, 0) is 16.1 Å². The smallest absolute Gasteiger partial charge is 0.306 e. The van der Waals surface area contributed by atoms with Crippen molar-refractivity contribution in [1.82, 2.24) is 0 Å². The Morgan fingerprint density at radius 1 is 1.59 bits per heavy atom. The van der Waals surface area contributed by atoms with Crippen LogP contribution >= 0.6 is 11.8 Å². The zero-order valence-corrected chi connectivity index (χ0v) is 10.4. The van der Waals surface area contributed by atoms with E-state index in [-0.39, 0.29) is 5.97 Å². The van der Waals surface area contributed by atoms with Crippen molar-refractivity contribution < 1.29 is 9.53 Å². The van der Waals surface area contributed by atoms with E-state index in [4.69, 9.17) is 11.0 Å². The number of ether oxygens (including phenoxy) is 1. The van der Waals surface area contributed by atoms with Gasteiger partial charge in [-0.05, 0) is 17.7 Å². The first-order chi connectivity index (χ1) is 8.21. The van der Waals surface area contributed by atoms with Crippen molar-refractivity contribution in [1.29, 1.82) is 5.26 Å². The van der Waals surface area contributed by atoms with Crippen molar-refractivity contribution in [3.8, 4) is 6.07 Å². The zero-order chi connectivity index (χ0) is 12.7. The van der Waals surface area contributed by atoms with Crippen LogP contribution < -0.4 is 5.73 Å². The summed E-state index contributed by atoms with van der Waals surface area (Å²) in [6, 6.07) is 7.66. The Morgan fingerprint density at radius 2 is 2.35 bits per heavy atom. The summed E-state index contributed by atoms with van der Waals surface area (Å²) in [4.78, 5) is 11.8. The summed E-state index contributed by atoms with van der Waals surface area (Å²) in [6.45, 7) is 0.418. The molecule has 5 heteroatoms. The van der Waals surface area contributed by atoms with Crippen LogP contribution in [0.2, 0.25) is 0 Å². The van der Waals surface area contributed by atoms with Gasteiger partial charge in [0, 0.05) is 17.2 Å². The molecule has 90 valence electrons. The highest BCUT2D eigenvalue weighted by Gasteiger charge is 2.06. The van der Waals surface area contributed by atoms with E-state index in [0.29, 0.717) is 24.3 Å². The van der Waals surface area contributed by atoms with Crippen LogP contribution in [-0.4, -0.2) is 18.8 Å². The number of hydrogen-bond acceptors (Lipinski definition) is 5. The average Bonchev–Trinajstić information content (AvgIpc) is 2.38. The Bertz CT molecular complexity index is 441. The molecule has 0 unspecified atom stereocenters. The van der Waals surface area contributed by atoms with Crippen molar-refractivity contribution in [2.75, 3.05) is 12.9 Å². The van der Waals surface area contributed by atoms with Crippen LogP contribution in [0.5, 0.6) is 0 Å². The van der Waals surface area contributed by atoms with Gasteiger partial charge in [-0.3, -0.25) is 4.79 Å². The van der Waals surface area contributed by atoms with Gasteiger partial charge >= 0.3 is 5.97 Å². The SMILES string of the molecule is COC(=O)CCSc1ccc(CN)cc1C#N. The molecule has 0 aliphatic rings. The number of hydrogen-bond donors (Lipinski definition) is 1. The molecule has 0 fully saturated rings. The highest BCUT2D eigenvalue weighted by Crippen LogP contribution is 2.24. The molecule has 0 atom stereocenters. The maximum atomic E-state index is 10.9. The van der Waals surface area contributed by atoms with E-state index in [1.807, 2.05) is 12.1 Å². The Balaban J connectivity index is 2.65. The predicted molar refractivity (Wildman–Crippen MR) is 66.4 cm³/mol. The van der Waals surface area contributed by atoms with Gasteiger partial charge in [-0.1, -0.05) is 6.07 Å². The van der Waals surface area contributed by atoms with E-state index >= 15 is 0 Å². The van der Waals surface area contributed by atoms with Gasteiger partial charge in [-0.2, -0.15) is 5.26 Å². The van der Waals surface area contributed by atoms with Crippen LogP contribution in [0.25, 0.3) is 0 Å². The molecule has 0 aromatic heterocycles. The van der Waals surface area contributed by atoms with Gasteiger partial charge in [0.25, 0.3) is 0 Å². The molecule has 1 aromatic carbocycles. The molecule has 1 aromatic rings. The normalized spacial score (nSPS) is 9.71. The lowest BCUT2D eigenvalue weighted by molar-refractivity contribution is -0.140. The van der Waals surface area contributed by atoms with E-state index in [1.165, 1.54) is 18.9 Å². The number of rotatable bonds is 5. The lowest BCUT2D eigenvalue weighted by Gasteiger charge is -2.05. The second-order valence-electron chi connectivity index (χ2n) is 3.32. The van der Waals surface area contributed by atoms with Crippen molar-refractivity contribution >= 4 is 17.7 Å². The number of methoxy groups -OCH3 is 1. The molecular weight excluding hydrogens is 236 g/mol. The lowest BCUT2D eigenvalue weighted by Crippen LogP contribution is -2.01. The molecule has 0 saturated carbocycles. The lowest BCUT2D eigenvalue weighted by atomic mass is 10.1. The fourth-order valence-electron chi connectivity index (χ4n) is 1.26. The summed E-state index contributed by atoms with van der Waals surface area (Å²) in [5.41, 5.74) is 7.03. The molecule has 0 amide bonds. The molecule has 0 aliphatic carbocycles. The largest absolute Gasteiger partial charge is 0.469 e. The molecule has 0 aliphatic heterocycles. The molecule has 2 N–H and O–H groups in total. The second-order valence-corrected chi connectivity index (χ2v) is 4.46. The maximum Gasteiger partial charge on any atom is 0.306 e. The molecule has 0 heterocycles. The Morgan fingerprint density at radius 3 is 2.94 bits per heavy atom. The van der Waals surface area contributed by atoms with Crippen molar-refractivity contribution in [2.24, 2.45) is 5.73 Å². The minimum absolute atomic E-state index is 0.241. The van der Waals surface area contributed by atoms with Gasteiger partial charge in [-0.15, -0.1) is 11.8 Å². The first-order valence-electron chi connectivity index (χ1n) is 5.14. The summed E-state index contributed by atoms with van der Waals surface area (Å²) in [6.07, 6.45) is 0.338. The molecule has 0 spiro atoms. The van der Waals surface area contributed by atoms with Crippen LogP contribution in [0.15, 0.2) is 23.1 Å². The highest BCUT2D eigenvalue weighted by molar-refractivity contribution is 7.99. The number of carbonyl (C=O) groups excluding carboxylic acids is 1. The van der Waals surface area contributed by atoms with Gasteiger partial charge < -0.3 is 10.5 Å². The fraction of sp³-hybridized carbons (Fsp3) is 0.333. The molecule has 17 heavy (non-hydrogen) atoms. The summed E-state index contributed by atoms with van der Waals surface area (Å²) in [5, 5.41) is 9.00. The number of nitrogens with two attached hydrogens (primary N) is 1. The minimum atomic E-state index is -0.241. The first-order valence-corrected chi connectivity index (χ1v) is 6.12. The molecule has 1 rings (SSSR count). The molecule has 4 nitrogen and oxygen atoms in total. The van der Waals surface area contributed by atoms with Crippen LogP contribution in [0.3, 0.4) is 0 Å². The number of benzene rings is 1. The predicted octanol–water partition coefficient (Wildman–Crippen LogP) is 1.67. The van der Waals surface area contributed by atoms with Crippen molar-refractivity contribution in [2.45, 2.75) is 17.9 Å². The minimum Gasteiger partial charge on any atom is -0.469 e. The number of nitrogens with zero attached hydrogens (tertiary/aromatic N) is 1. The number of carbonyl (C=O) groups is 1. The molecular formula is C12H14N2O2S. The van der Waals surface area contributed by atoms with Crippen LogP contribution in [0, 0.1) is 11.3 Å². The standard InChI is InChI=1S/C12H14N2O2S/c1-16-12(15)4-5-17-11-3-2-9(7-13)6-10(11)8-14/h2-3,6H,4-5,7,13H2,1H3. The summed E-state index contributed by atoms with van der Waals surface area (Å²) < 4.78 is 4.55. The number of thioether (sulfide) groups is 1. The van der Waals surface area contributed by atoms with Crippen molar-refractivity contribution in [3.05, 3.63) is 29.3 Å². The average molecular weight is 250 g/mol. The van der Waals surface area contributed by atoms with Gasteiger partial charge in [-0.25, -0.2) is 0 Å². The van der Waals surface area contributed by atoms with E-state index in [2.05, 4.69) is 10.8 Å². The van der Waals surface area contributed by atoms with Crippen LogP contribution in [0.1, 0.15) is 17.5 Å². The third-order valence-corrected chi connectivity index (χ3v) is 3.27. The summed E-state index contributed by atoms with van der Waals surface area (Å²) >= 11 is 1.47. The first kappa shape index (κ1) is 13.6. The van der Waals surface area contributed by atoms with Crippen molar-refractivity contribution in [3.63, 3.8) is 0 Å². The van der Waals surface area contributed by atoms with E-state index in [0.717, 1.165) is 10.5 Å². The Hall–Kier alpha value is -1.51. The monoisotopic (exact) mass is 250 g/mol. The van der Waals surface area contributed by atoms with E-state index in [1.54, 1.807) is 6.07 Å². The van der Waals surface area contributed by atoms with Gasteiger partial charge in [0.1, 0.15) is 6.07 Å². The van der Waals surface area contributed by atoms with Gasteiger partial charge in [0.15, 0.2) is 0 Å². The van der Waals surface area contributed by atoms with Gasteiger partial charge in [0.2, 0.25) is 0 Å². The zero-order valence-electron chi connectivity index (χ0n) is 9.60. The third kappa shape index (κ3) is 4.10. The van der Waals surface area contributed by atoms with Gasteiger partial charge in [0.05, 0.1) is 19.1 Å². The molecule has 0 radical (unpaired) electrons. The van der Waals surface area contributed by atoms with Crippen LogP contribution in [0.4, 0.5) is 0 Å². The third-order valence-electron chi connectivity index (χ3n) is 2.19. The molecule has 0 bridgehead atoms. The van der Waals surface area contributed by atoms with E-state index < -0.39 is 0 Å². The fourth-order valence-corrected chi connectivity index (χ4v) is 2.18. The topological polar surface area (TPSA) is 76.1 Å². The van der Waals surface area contributed by atoms with E-state index in [9.17, 15) is 4.79 Å².